The number of halogens is 3. The van der Waals surface area contributed by atoms with Crippen molar-refractivity contribution < 1.29 is 22.6 Å². The van der Waals surface area contributed by atoms with Crippen molar-refractivity contribution in [1.29, 1.82) is 0 Å². The maximum absolute atomic E-state index is 12.3. The summed E-state index contributed by atoms with van der Waals surface area (Å²) >= 11 is 0. The number of aromatic nitrogens is 2. The van der Waals surface area contributed by atoms with Crippen LogP contribution in [0.15, 0.2) is 12.3 Å². The van der Waals surface area contributed by atoms with Crippen LogP contribution in [0, 0.1) is 0 Å². The van der Waals surface area contributed by atoms with Crippen molar-refractivity contribution in [2.45, 2.75) is 32.9 Å². The number of ether oxygens (including phenoxy) is 2. The summed E-state index contributed by atoms with van der Waals surface area (Å²) in [5.41, 5.74) is -0.913. The van der Waals surface area contributed by atoms with Gasteiger partial charge in [0.1, 0.15) is 0 Å². The van der Waals surface area contributed by atoms with Crippen LogP contribution in [0.4, 0.5) is 13.2 Å². The summed E-state index contributed by atoms with van der Waals surface area (Å²) < 4.78 is 48.5. The van der Waals surface area contributed by atoms with Gasteiger partial charge in [0.15, 0.2) is 12.0 Å². The van der Waals surface area contributed by atoms with Gasteiger partial charge in [0.25, 0.3) is 0 Å². The Labute approximate surface area is 97.3 Å². The molecule has 0 spiro atoms. The van der Waals surface area contributed by atoms with Crippen molar-refractivity contribution in [1.82, 2.24) is 9.78 Å². The third-order valence-electron chi connectivity index (χ3n) is 1.97. The van der Waals surface area contributed by atoms with Crippen LogP contribution in [0.1, 0.15) is 19.5 Å². The van der Waals surface area contributed by atoms with Crippen LogP contribution in [-0.4, -0.2) is 29.3 Å². The van der Waals surface area contributed by atoms with Crippen molar-refractivity contribution >= 4 is 0 Å². The molecule has 0 aromatic carbocycles. The second-order valence-electron chi connectivity index (χ2n) is 3.26. The minimum Gasteiger partial charge on any atom is -0.351 e. The Balaban J connectivity index is 2.63. The van der Waals surface area contributed by atoms with E-state index in [0.29, 0.717) is 13.2 Å². The van der Waals surface area contributed by atoms with E-state index in [4.69, 9.17) is 9.47 Å². The summed E-state index contributed by atoms with van der Waals surface area (Å²) in [5, 5.41) is 3.42. The Kier molecular flexibility index (Phi) is 4.95. The predicted molar refractivity (Wildman–Crippen MR) is 54.3 cm³/mol. The third-order valence-corrected chi connectivity index (χ3v) is 1.97. The molecular weight excluding hydrogens is 237 g/mol. The van der Waals surface area contributed by atoms with Gasteiger partial charge in [-0.2, -0.15) is 18.3 Å². The molecule has 4 nitrogen and oxygen atoms in total. The number of nitrogens with zero attached hydrogens (tertiary/aromatic N) is 2. The van der Waals surface area contributed by atoms with Gasteiger partial charge in [-0.25, -0.2) is 0 Å². The first-order valence-electron chi connectivity index (χ1n) is 5.31. The van der Waals surface area contributed by atoms with Crippen LogP contribution >= 0.6 is 0 Å². The number of hydrogen-bond acceptors (Lipinski definition) is 3. The van der Waals surface area contributed by atoms with Crippen molar-refractivity contribution in [2.75, 3.05) is 13.2 Å². The minimum absolute atomic E-state index is 0.137. The summed E-state index contributed by atoms with van der Waals surface area (Å²) in [6.07, 6.45) is -3.74. The van der Waals surface area contributed by atoms with E-state index in [0.717, 1.165) is 6.07 Å². The predicted octanol–water partition coefficient (Wildman–Crippen LogP) is 2.30. The second kappa shape index (κ2) is 6.02. The zero-order valence-corrected chi connectivity index (χ0v) is 9.70. The molecular formula is C10H15F3N2O2. The standard InChI is InChI=1S/C10H15F3N2O2/c1-3-16-9(17-4-2)7-15-6-5-8(14-15)10(11,12)13/h5-6,9H,3-4,7H2,1-2H3. The van der Waals surface area contributed by atoms with E-state index in [-0.39, 0.29) is 6.54 Å². The molecule has 0 unspecified atom stereocenters. The van der Waals surface area contributed by atoms with E-state index >= 15 is 0 Å². The van der Waals surface area contributed by atoms with Gasteiger partial charge >= 0.3 is 6.18 Å². The summed E-state index contributed by atoms with van der Waals surface area (Å²) in [6, 6.07) is 0.926. The Morgan fingerprint density at radius 2 is 1.88 bits per heavy atom. The van der Waals surface area contributed by atoms with Gasteiger partial charge < -0.3 is 9.47 Å². The lowest BCUT2D eigenvalue weighted by Gasteiger charge is -2.16. The van der Waals surface area contributed by atoms with Gasteiger partial charge in [0.2, 0.25) is 0 Å². The SMILES string of the molecule is CCOC(Cn1ccc(C(F)(F)F)n1)OCC. The van der Waals surface area contributed by atoms with Crippen molar-refractivity contribution in [3.8, 4) is 0 Å². The van der Waals surface area contributed by atoms with Crippen LogP contribution in [0.3, 0.4) is 0 Å². The third kappa shape index (κ3) is 4.35. The summed E-state index contributed by atoms with van der Waals surface area (Å²) in [5.74, 6) is 0. The van der Waals surface area contributed by atoms with Gasteiger partial charge in [-0.05, 0) is 19.9 Å². The molecule has 0 aliphatic carbocycles. The Morgan fingerprint density at radius 3 is 2.29 bits per heavy atom. The Morgan fingerprint density at radius 1 is 1.29 bits per heavy atom. The highest BCUT2D eigenvalue weighted by atomic mass is 19.4. The molecule has 98 valence electrons. The van der Waals surface area contributed by atoms with E-state index < -0.39 is 18.2 Å². The summed E-state index contributed by atoms with van der Waals surface area (Å²) in [4.78, 5) is 0. The van der Waals surface area contributed by atoms with Crippen LogP contribution in [0.5, 0.6) is 0 Å². The fraction of sp³-hybridized carbons (Fsp3) is 0.700. The highest BCUT2D eigenvalue weighted by Crippen LogP contribution is 2.27. The summed E-state index contributed by atoms with van der Waals surface area (Å²) in [7, 11) is 0. The van der Waals surface area contributed by atoms with Crippen molar-refractivity contribution in [3.05, 3.63) is 18.0 Å². The molecule has 1 aromatic heterocycles. The zero-order chi connectivity index (χ0) is 12.9. The molecule has 0 aliphatic rings. The van der Waals surface area contributed by atoms with E-state index in [1.54, 1.807) is 13.8 Å². The zero-order valence-electron chi connectivity index (χ0n) is 9.70. The first-order chi connectivity index (χ1) is 7.97. The molecule has 0 saturated heterocycles. The van der Waals surface area contributed by atoms with Gasteiger partial charge in [0.05, 0.1) is 6.54 Å². The number of hydrogen-bond donors (Lipinski definition) is 0. The molecule has 0 fully saturated rings. The molecule has 1 heterocycles. The highest BCUT2D eigenvalue weighted by molar-refractivity contribution is 5.03. The molecule has 0 amide bonds. The Hall–Kier alpha value is -1.08. The summed E-state index contributed by atoms with van der Waals surface area (Å²) in [6.45, 7) is 4.57. The minimum atomic E-state index is -4.42. The van der Waals surface area contributed by atoms with E-state index in [9.17, 15) is 13.2 Å². The van der Waals surface area contributed by atoms with Gasteiger partial charge in [-0.3, -0.25) is 4.68 Å². The lowest BCUT2D eigenvalue weighted by Crippen LogP contribution is -2.24. The van der Waals surface area contributed by atoms with Gasteiger partial charge in [-0.15, -0.1) is 0 Å². The fourth-order valence-electron chi connectivity index (χ4n) is 1.29. The maximum atomic E-state index is 12.3. The first kappa shape index (κ1) is 14.0. The average Bonchev–Trinajstić information content (AvgIpc) is 2.66. The molecule has 1 rings (SSSR count). The van der Waals surface area contributed by atoms with Crippen molar-refractivity contribution in [3.63, 3.8) is 0 Å². The highest BCUT2D eigenvalue weighted by Gasteiger charge is 2.33. The van der Waals surface area contributed by atoms with E-state index in [1.807, 2.05) is 0 Å². The second-order valence-corrected chi connectivity index (χ2v) is 3.26. The van der Waals surface area contributed by atoms with Crippen LogP contribution in [0.25, 0.3) is 0 Å². The van der Waals surface area contributed by atoms with Crippen LogP contribution in [-0.2, 0) is 22.2 Å². The molecule has 17 heavy (non-hydrogen) atoms. The van der Waals surface area contributed by atoms with Crippen LogP contribution < -0.4 is 0 Å². The average molecular weight is 252 g/mol. The monoisotopic (exact) mass is 252 g/mol. The maximum Gasteiger partial charge on any atom is 0.435 e. The molecule has 0 aliphatic heterocycles. The number of alkyl halides is 3. The molecule has 0 radical (unpaired) electrons. The fourth-order valence-corrected chi connectivity index (χ4v) is 1.29. The normalized spacial score (nSPS) is 12.4. The molecule has 0 atom stereocenters. The lowest BCUT2D eigenvalue weighted by molar-refractivity contribution is -0.149. The molecule has 0 N–H and O–H groups in total. The van der Waals surface area contributed by atoms with Gasteiger partial charge in [0, 0.05) is 19.4 Å². The number of rotatable bonds is 6. The van der Waals surface area contributed by atoms with Crippen molar-refractivity contribution in [2.24, 2.45) is 0 Å². The molecule has 0 saturated carbocycles. The van der Waals surface area contributed by atoms with E-state index in [2.05, 4.69) is 5.10 Å². The largest absolute Gasteiger partial charge is 0.435 e. The van der Waals surface area contributed by atoms with Crippen LogP contribution in [0.2, 0.25) is 0 Å². The topological polar surface area (TPSA) is 36.3 Å². The molecule has 0 bridgehead atoms. The first-order valence-corrected chi connectivity index (χ1v) is 5.31. The lowest BCUT2D eigenvalue weighted by atomic mass is 10.4. The molecule has 1 aromatic rings. The molecule has 7 heteroatoms. The Bertz CT molecular complexity index is 333. The smallest absolute Gasteiger partial charge is 0.351 e. The van der Waals surface area contributed by atoms with Gasteiger partial charge in [-0.1, -0.05) is 0 Å². The van der Waals surface area contributed by atoms with E-state index in [1.165, 1.54) is 10.9 Å². The quantitative estimate of drug-likeness (QED) is 0.729.